The molecule has 0 saturated heterocycles. The Kier molecular flexibility index (Phi) is 1.67. The van der Waals surface area contributed by atoms with Crippen molar-refractivity contribution >= 4 is 5.71 Å². The van der Waals surface area contributed by atoms with Gasteiger partial charge in [-0.1, -0.05) is 6.08 Å². The van der Waals surface area contributed by atoms with Crippen LogP contribution in [-0.2, 0) is 0 Å². The second-order valence-corrected chi connectivity index (χ2v) is 2.45. The molecule has 0 radical (unpaired) electrons. The number of dihydropyridines is 1. The van der Waals surface area contributed by atoms with Crippen molar-refractivity contribution in [3.05, 3.63) is 12.2 Å². The molecule has 0 saturated carbocycles. The summed E-state index contributed by atoms with van der Waals surface area (Å²) in [6.45, 7) is 4.01. The van der Waals surface area contributed by atoms with Crippen molar-refractivity contribution in [1.82, 2.24) is 0 Å². The van der Waals surface area contributed by atoms with Gasteiger partial charge in [-0.05, 0) is 19.9 Å². The van der Waals surface area contributed by atoms with Crippen molar-refractivity contribution in [3.8, 4) is 0 Å². The van der Waals surface area contributed by atoms with Gasteiger partial charge in [0.1, 0.15) is 0 Å². The average Bonchev–Trinajstić information content (AvgIpc) is 1.80. The Bertz CT molecular complexity index is 158. The fourth-order valence-corrected chi connectivity index (χ4v) is 0.861. The third-order valence-corrected chi connectivity index (χ3v) is 1.52. The summed E-state index contributed by atoms with van der Waals surface area (Å²) in [5.41, 5.74) is 6.72. The molecule has 0 amide bonds. The third-order valence-electron chi connectivity index (χ3n) is 1.52. The molecular weight excluding hydrogens is 112 g/mol. The second-order valence-electron chi connectivity index (χ2n) is 2.45. The Morgan fingerprint density at radius 1 is 1.67 bits per heavy atom. The van der Waals surface area contributed by atoms with E-state index in [2.05, 4.69) is 4.99 Å². The van der Waals surface area contributed by atoms with Crippen LogP contribution in [0.4, 0.5) is 0 Å². The van der Waals surface area contributed by atoms with Gasteiger partial charge < -0.3 is 5.73 Å². The molecule has 9 heavy (non-hydrogen) atoms. The Labute approximate surface area is 55.5 Å². The van der Waals surface area contributed by atoms with Crippen LogP contribution in [0.25, 0.3) is 0 Å². The molecule has 2 atom stereocenters. The van der Waals surface area contributed by atoms with Gasteiger partial charge in [-0.15, -0.1) is 0 Å². The summed E-state index contributed by atoms with van der Waals surface area (Å²) < 4.78 is 0. The van der Waals surface area contributed by atoms with Gasteiger partial charge in [-0.2, -0.15) is 0 Å². The highest BCUT2D eigenvalue weighted by Crippen LogP contribution is 2.03. The normalized spacial score (nSPS) is 34.3. The molecule has 0 spiro atoms. The van der Waals surface area contributed by atoms with Crippen LogP contribution in [0, 0.1) is 0 Å². The fourth-order valence-electron chi connectivity index (χ4n) is 0.861. The van der Waals surface area contributed by atoms with E-state index < -0.39 is 0 Å². The summed E-state index contributed by atoms with van der Waals surface area (Å²) in [5, 5.41) is 0. The van der Waals surface area contributed by atoms with Crippen LogP contribution >= 0.6 is 0 Å². The zero-order valence-electron chi connectivity index (χ0n) is 5.83. The van der Waals surface area contributed by atoms with Gasteiger partial charge in [-0.25, -0.2) is 0 Å². The van der Waals surface area contributed by atoms with Crippen LogP contribution in [0.15, 0.2) is 17.1 Å². The standard InChI is InChI=1S/C7H12N2/c1-5-3-4-7(8)6(2)9-5/h3-4,6-7H,8H2,1-2H3. The molecule has 0 aromatic carbocycles. The maximum absolute atomic E-state index is 5.65. The lowest BCUT2D eigenvalue weighted by Gasteiger charge is -2.16. The van der Waals surface area contributed by atoms with E-state index >= 15 is 0 Å². The Balaban J connectivity index is 2.70. The average molecular weight is 124 g/mol. The molecule has 1 rings (SSSR count). The first-order valence-corrected chi connectivity index (χ1v) is 3.18. The maximum Gasteiger partial charge on any atom is 0.0661 e. The third kappa shape index (κ3) is 1.39. The van der Waals surface area contributed by atoms with Crippen LogP contribution in [-0.4, -0.2) is 17.8 Å². The molecule has 0 fully saturated rings. The highest BCUT2D eigenvalue weighted by molar-refractivity contribution is 5.93. The molecule has 0 aromatic rings. The van der Waals surface area contributed by atoms with Crippen molar-refractivity contribution in [2.45, 2.75) is 25.9 Å². The minimum absolute atomic E-state index is 0.119. The van der Waals surface area contributed by atoms with Crippen molar-refractivity contribution < 1.29 is 0 Å². The predicted octanol–water partition coefficient (Wildman–Crippen LogP) is 0.733. The Morgan fingerprint density at radius 2 is 2.33 bits per heavy atom. The van der Waals surface area contributed by atoms with E-state index in [0.717, 1.165) is 5.71 Å². The summed E-state index contributed by atoms with van der Waals surface area (Å²) in [6.07, 6.45) is 3.96. The number of nitrogens with zero attached hydrogens (tertiary/aromatic N) is 1. The molecule has 2 N–H and O–H groups in total. The molecule has 2 nitrogen and oxygen atoms in total. The van der Waals surface area contributed by atoms with Gasteiger partial charge in [-0.3, -0.25) is 4.99 Å². The molecule has 1 heterocycles. The molecule has 0 aromatic heterocycles. The van der Waals surface area contributed by atoms with Gasteiger partial charge in [0.25, 0.3) is 0 Å². The van der Waals surface area contributed by atoms with Crippen molar-refractivity contribution in [3.63, 3.8) is 0 Å². The van der Waals surface area contributed by atoms with Gasteiger partial charge in [0, 0.05) is 11.8 Å². The monoisotopic (exact) mass is 124 g/mol. The highest BCUT2D eigenvalue weighted by atomic mass is 14.9. The zero-order valence-corrected chi connectivity index (χ0v) is 5.83. The zero-order chi connectivity index (χ0) is 6.85. The van der Waals surface area contributed by atoms with Crippen LogP contribution in [0.5, 0.6) is 0 Å². The van der Waals surface area contributed by atoms with Gasteiger partial charge in [0.15, 0.2) is 0 Å². The minimum atomic E-state index is 0.119. The minimum Gasteiger partial charge on any atom is -0.323 e. The smallest absolute Gasteiger partial charge is 0.0661 e. The number of hydrogen-bond donors (Lipinski definition) is 1. The number of aliphatic imine (C=N–C) groups is 1. The van der Waals surface area contributed by atoms with E-state index in [4.69, 9.17) is 5.73 Å². The highest BCUT2D eigenvalue weighted by Gasteiger charge is 2.10. The van der Waals surface area contributed by atoms with Gasteiger partial charge in [0.2, 0.25) is 0 Å². The lowest BCUT2D eigenvalue weighted by atomic mass is 10.1. The first kappa shape index (κ1) is 6.49. The molecule has 1 aliphatic heterocycles. The molecule has 2 unspecified atom stereocenters. The van der Waals surface area contributed by atoms with Crippen LogP contribution in [0.3, 0.4) is 0 Å². The van der Waals surface area contributed by atoms with Crippen molar-refractivity contribution in [2.75, 3.05) is 0 Å². The Hall–Kier alpha value is -0.630. The number of allylic oxidation sites excluding steroid dienone is 1. The van der Waals surface area contributed by atoms with Gasteiger partial charge >= 0.3 is 0 Å². The van der Waals surface area contributed by atoms with Crippen LogP contribution < -0.4 is 5.73 Å². The molecule has 0 bridgehead atoms. The van der Waals surface area contributed by atoms with Crippen LogP contribution in [0.1, 0.15) is 13.8 Å². The van der Waals surface area contributed by atoms with E-state index in [9.17, 15) is 0 Å². The number of hydrogen-bond acceptors (Lipinski definition) is 2. The summed E-state index contributed by atoms with van der Waals surface area (Å²) >= 11 is 0. The summed E-state index contributed by atoms with van der Waals surface area (Å²) in [5.74, 6) is 0. The summed E-state index contributed by atoms with van der Waals surface area (Å²) in [4.78, 5) is 4.27. The SMILES string of the molecule is CC1=NC(C)C(N)C=C1. The fraction of sp³-hybridized carbons (Fsp3) is 0.571. The Morgan fingerprint density at radius 3 is 2.78 bits per heavy atom. The first-order chi connectivity index (χ1) is 4.20. The van der Waals surface area contributed by atoms with Crippen LogP contribution in [0.2, 0.25) is 0 Å². The van der Waals surface area contributed by atoms with E-state index in [1.807, 2.05) is 26.0 Å². The first-order valence-electron chi connectivity index (χ1n) is 3.18. The lowest BCUT2D eigenvalue weighted by Crippen LogP contribution is -2.31. The van der Waals surface area contributed by atoms with Crippen molar-refractivity contribution in [1.29, 1.82) is 0 Å². The quantitative estimate of drug-likeness (QED) is 0.508. The predicted molar refractivity (Wildman–Crippen MR) is 39.7 cm³/mol. The van der Waals surface area contributed by atoms with E-state index in [1.165, 1.54) is 0 Å². The van der Waals surface area contributed by atoms with E-state index in [0.29, 0.717) is 0 Å². The molecule has 50 valence electrons. The van der Waals surface area contributed by atoms with E-state index in [1.54, 1.807) is 0 Å². The molecular formula is C7H12N2. The van der Waals surface area contributed by atoms with Gasteiger partial charge in [0.05, 0.1) is 6.04 Å². The maximum atomic E-state index is 5.65. The lowest BCUT2D eigenvalue weighted by molar-refractivity contribution is 0.647. The topological polar surface area (TPSA) is 38.4 Å². The largest absolute Gasteiger partial charge is 0.323 e. The molecule has 1 aliphatic rings. The summed E-state index contributed by atoms with van der Waals surface area (Å²) in [7, 11) is 0. The number of rotatable bonds is 0. The summed E-state index contributed by atoms with van der Waals surface area (Å²) in [6, 6.07) is 0.378. The van der Waals surface area contributed by atoms with Crippen molar-refractivity contribution in [2.24, 2.45) is 10.7 Å². The molecule has 2 heteroatoms. The van der Waals surface area contributed by atoms with E-state index in [-0.39, 0.29) is 12.1 Å². The second kappa shape index (κ2) is 2.31. The molecule has 0 aliphatic carbocycles. The number of nitrogens with two attached hydrogens (primary N) is 1.